The van der Waals surface area contributed by atoms with E-state index in [2.05, 4.69) is 56.2 Å². The van der Waals surface area contributed by atoms with Gasteiger partial charge in [0.1, 0.15) is 0 Å². The monoisotopic (exact) mass is 260 g/mol. The van der Waals surface area contributed by atoms with Crippen molar-refractivity contribution in [3.8, 4) is 0 Å². The molecule has 0 amide bonds. The topological polar surface area (TPSA) is 15.3 Å². The van der Waals surface area contributed by atoms with Crippen LogP contribution >= 0.6 is 0 Å². The molecule has 0 aromatic heterocycles. The lowest BCUT2D eigenvalue weighted by atomic mass is 9.98. The first-order valence-corrected chi connectivity index (χ1v) is 7.60. The standard InChI is InChI=1S/C17H28N2/c1-13-8-9-16(11-14(13)2)17(18-4)12-19-10-6-5-7-15(19)3/h8-9,11,15,17-18H,5-7,10,12H2,1-4H3. The molecule has 2 unspecified atom stereocenters. The van der Waals surface area contributed by atoms with E-state index in [0.717, 1.165) is 12.6 Å². The number of rotatable bonds is 4. The molecule has 1 aromatic rings. The highest BCUT2D eigenvalue weighted by Crippen LogP contribution is 2.22. The Hall–Kier alpha value is -0.860. The largest absolute Gasteiger partial charge is 0.312 e. The molecular formula is C17H28N2. The zero-order chi connectivity index (χ0) is 13.8. The first-order chi connectivity index (χ1) is 9.11. The highest BCUT2D eigenvalue weighted by Gasteiger charge is 2.21. The van der Waals surface area contributed by atoms with Crippen molar-refractivity contribution in [3.63, 3.8) is 0 Å². The minimum Gasteiger partial charge on any atom is -0.312 e. The Morgan fingerprint density at radius 2 is 2.05 bits per heavy atom. The molecule has 2 rings (SSSR count). The maximum absolute atomic E-state index is 3.49. The number of likely N-dealkylation sites (tertiary alicyclic amines) is 1. The summed E-state index contributed by atoms with van der Waals surface area (Å²) in [6.45, 7) is 9.13. The molecule has 0 aliphatic carbocycles. The fourth-order valence-corrected chi connectivity index (χ4v) is 3.01. The van der Waals surface area contributed by atoms with Crippen molar-refractivity contribution in [2.75, 3.05) is 20.1 Å². The molecule has 1 saturated heterocycles. The molecule has 106 valence electrons. The number of aryl methyl sites for hydroxylation is 2. The van der Waals surface area contributed by atoms with Crippen molar-refractivity contribution in [2.45, 2.75) is 52.1 Å². The van der Waals surface area contributed by atoms with Crippen molar-refractivity contribution in [1.82, 2.24) is 10.2 Å². The SMILES string of the molecule is CNC(CN1CCCCC1C)c1ccc(C)c(C)c1. The van der Waals surface area contributed by atoms with Gasteiger partial charge in [-0.2, -0.15) is 0 Å². The third-order valence-electron chi connectivity index (χ3n) is 4.64. The molecule has 1 N–H and O–H groups in total. The molecule has 2 heteroatoms. The maximum Gasteiger partial charge on any atom is 0.0447 e. The predicted octanol–water partition coefficient (Wildman–Crippen LogP) is 3.44. The number of benzene rings is 1. The van der Waals surface area contributed by atoms with E-state index in [1.165, 1.54) is 42.5 Å². The zero-order valence-corrected chi connectivity index (χ0v) is 12.9. The van der Waals surface area contributed by atoms with E-state index < -0.39 is 0 Å². The summed E-state index contributed by atoms with van der Waals surface area (Å²) in [5, 5.41) is 3.49. The Bertz CT molecular complexity index is 414. The number of likely N-dealkylation sites (N-methyl/N-ethyl adjacent to an activating group) is 1. The van der Waals surface area contributed by atoms with Gasteiger partial charge in [0.2, 0.25) is 0 Å². The minimum absolute atomic E-state index is 0.444. The molecule has 1 heterocycles. The lowest BCUT2D eigenvalue weighted by Gasteiger charge is -2.36. The number of piperidine rings is 1. The summed E-state index contributed by atoms with van der Waals surface area (Å²) in [4.78, 5) is 2.64. The second-order valence-corrected chi connectivity index (χ2v) is 6.02. The van der Waals surface area contributed by atoms with Crippen LogP contribution in [0.1, 0.15) is 48.9 Å². The Morgan fingerprint density at radius 1 is 1.26 bits per heavy atom. The highest BCUT2D eigenvalue weighted by molar-refractivity contribution is 5.31. The third-order valence-corrected chi connectivity index (χ3v) is 4.64. The Labute approximate surface area is 118 Å². The van der Waals surface area contributed by atoms with Crippen LogP contribution in [0.25, 0.3) is 0 Å². The van der Waals surface area contributed by atoms with Gasteiger partial charge in [-0.15, -0.1) is 0 Å². The van der Waals surface area contributed by atoms with Gasteiger partial charge in [0.15, 0.2) is 0 Å². The second kappa shape index (κ2) is 6.53. The average Bonchev–Trinajstić information content (AvgIpc) is 2.41. The third kappa shape index (κ3) is 3.58. The molecule has 0 radical (unpaired) electrons. The van der Waals surface area contributed by atoms with Crippen LogP contribution in [0.4, 0.5) is 0 Å². The predicted molar refractivity (Wildman–Crippen MR) is 82.6 cm³/mol. The molecule has 0 bridgehead atoms. The van der Waals surface area contributed by atoms with Crippen LogP contribution in [-0.2, 0) is 0 Å². The van der Waals surface area contributed by atoms with Crippen molar-refractivity contribution < 1.29 is 0 Å². The van der Waals surface area contributed by atoms with Gasteiger partial charge in [-0.25, -0.2) is 0 Å². The Balaban J connectivity index is 2.08. The van der Waals surface area contributed by atoms with Crippen molar-refractivity contribution in [2.24, 2.45) is 0 Å². The van der Waals surface area contributed by atoms with Gasteiger partial charge in [0.05, 0.1) is 0 Å². The Morgan fingerprint density at radius 3 is 2.68 bits per heavy atom. The summed E-state index contributed by atoms with van der Waals surface area (Å²) in [5.74, 6) is 0. The number of hydrogen-bond acceptors (Lipinski definition) is 2. The average molecular weight is 260 g/mol. The van der Waals surface area contributed by atoms with Crippen molar-refractivity contribution in [3.05, 3.63) is 34.9 Å². The number of hydrogen-bond donors (Lipinski definition) is 1. The summed E-state index contributed by atoms with van der Waals surface area (Å²) in [6.07, 6.45) is 4.10. The van der Waals surface area contributed by atoms with Gasteiger partial charge in [-0.3, -0.25) is 4.90 Å². The molecule has 2 atom stereocenters. The van der Waals surface area contributed by atoms with Gasteiger partial charge in [-0.05, 0) is 63.9 Å². The lowest BCUT2D eigenvalue weighted by molar-refractivity contribution is 0.146. The van der Waals surface area contributed by atoms with Crippen LogP contribution in [0.3, 0.4) is 0 Å². The van der Waals surface area contributed by atoms with E-state index in [9.17, 15) is 0 Å². The molecular weight excluding hydrogens is 232 g/mol. The van der Waals surface area contributed by atoms with Crippen LogP contribution in [0, 0.1) is 13.8 Å². The zero-order valence-electron chi connectivity index (χ0n) is 12.9. The van der Waals surface area contributed by atoms with Gasteiger partial charge >= 0.3 is 0 Å². The summed E-state index contributed by atoms with van der Waals surface area (Å²) >= 11 is 0. The van der Waals surface area contributed by atoms with Gasteiger partial charge in [0, 0.05) is 18.6 Å². The van der Waals surface area contributed by atoms with Crippen molar-refractivity contribution in [1.29, 1.82) is 0 Å². The fourth-order valence-electron chi connectivity index (χ4n) is 3.01. The van der Waals surface area contributed by atoms with Gasteiger partial charge < -0.3 is 5.32 Å². The van der Waals surface area contributed by atoms with Crippen LogP contribution in [-0.4, -0.2) is 31.1 Å². The molecule has 0 saturated carbocycles. The molecule has 19 heavy (non-hydrogen) atoms. The molecule has 1 aromatic carbocycles. The summed E-state index contributed by atoms with van der Waals surface area (Å²) in [5.41, 5.74) is 4.19. The highest BCUT2D eigenvalue weighted by atomic mass is 15.2. The smallest absolute Gasteiger partial charge is 0.0447 e. The molecule has 2 nitrogen and oxygen atoms in total. The fraction of sp³-hybridized carbons (Fsp3) is 0.647. The van der Waals surface area contributed by atoms with Crippen LogP contribution < -0.4 is 5.32 Å². The maximum atomic E-state index is 3.49. The van der Waals surface area contributed by atoms with E-state index in [1.807, 2.05) is 0 Å². The first kappa shape index (κ1) is 14.5. The van der Waals surface area contributed by atoms with Crippen LogP contribution in [0.2, 0.25) is 0 Å². The molecule has 1 fully saturated rings. The molecule has 1 aliphatic rings. The number of nitrogens with one attached hydrogen (secondary N) is 1. The van der Waals surface area contributed by atoms with E-state index in [4.69, 9.17) is 0 Å². The second-order valence-electron chi connectivity index (χ2n) is 6.02. The van der Waals surface area contributed by atoms with Gasteiger partial charge in [0.25, 0.3) is 0 Å². The number of nitrogens with zero attached hydrogens (tertiary/aromatic N) is 1. The Kier molecular flexibility index (Phi) is 5.00. The quantitative estimate of drug-likeness (QED) is 0.892. The normalized spacial score (nSPS) is 22.4. The van der Waals surface area contributed by atoms with Gasteiger partial charge in [-0.1, -0.05) is 24.6 Å². The molecule has 1 aliphatic heterocycles. The minimum atomic E-state index is 0.444. The molecule has 0 spiro atoms. The summed E-state index contributed by atoms with van der Waals surface area (Å²) < 4.78 is 0. The van der Waals surface area contributed by atoms with Crippen LogP contribution in [0.5, 0.6) is 0 Å². The van der Waals surface area contributed by atoms with E-state index in [0.29, 0.717) is 6.04 Å². The van der Waals surface area contributed by atoms with E-state index in [-0.39, 0.29) is 0 Å². The van der Waals surface area contributed by atoms with E-state index in [1.54, 1.807) is 0 Å². The van der Waals surface area contributed by atoms with Crippen molar-refractivity contribution >= 4 is 0 Å². The van der Waals surface area contributed by atoms with Crippen LogP contribution in [0.15, 0.2) is 18.2 Å². The van der Waals surface area contributed by atoms with E-state index >= 15 is 0 Å². The summed E-state index contributed by atoms with van der Waals surface area (Å²) in [7, 11) is 2.08. The summed E-state index contributed by atoms with van der Waals surface area (Å²) in [6, 6.07) is 8.04. The first-order valence-electron chi connectivity index (χ1n) is 7.60. The lowest BCUT2D eigenvalue weighted by Crippen LogP contribution is -2.42.